The number of nitrogens with zero attached hydrogens (tertiary/aromatic N) is 1. The second-order valence-corrected chi connectivity index (χ2v) is 8.54. The van der Waals surface area contributed by atoms with Crippen molar-refractivity contribution in [2.24, 2.45) is 5.92 Å². The molecule has 9 nitrogen and oxygen atoms in total. The maximum absolute atomic E-state index is 13.0. The van der Waals surface area contributed by atoms with Gasteiger partial charge in [-0.05, 0) is 42.4 Å². The van der Waals surface area contributed by atoms with Gasteiger partial charge in [-0.2, -0.15) is 0 Å². The Hall–Kier alpha value is -3.75. The first-order valence-electron chi connectivity index (χ1n) is 11.4. The molecule has 2 unspecified atom stereocenters. The second-order valence-electron chi connectivity index (χ2n) is 8.54. The number of Topliss-reactive ketones (excluding diaryl/α,β-unsaturated/α-hetero) is 1. The number of hydrogen-bond donors (Lipinski definition) is 3. The van der Waals surface area contributed by atoms with Crippen molar-refractivity contribution in [3.8, 4) is 0 Å². The van der Waals surface area contributed by atoms with Crippen LogP contribution in [-0.4, -0.2) is 40.8 Å². The van der Waals surface area contributed by atoms with Gasteiger partial charge in [-0.25, -0.2) is 4.79 Å². The van der Waals surface area contributed by atoms with Gasteiger partial charge in [0.05, 0.1) is 6.04 Å². The van der Waals surface area contributed by atoms with Gasteiger partial charge in [-0.3, -0.25) is 19.4 Å². The van der Waals surface area contributed by atoms with Gasteiger partial charge in [0.15, 0.2) is 0 Å². The molecule has 0 saturated carbocycles. The Bertz CT molecular complexity index is 1020. The van der Waals surface area contributed by atoms with Gasteiger partial charge in [0.1, 0.15) is 12.6 Å². The molecule has 1 aromatic heterocycles. The van der Waals surface area contributed by atoms with Crippen molar-refractivity contribution in [1.82, 2.24) is 20.9 Å². The zero-order valence-electron chi connectivity index (χ0n) is 19.4. The fourth-order valence-electron chi connectivity index (χ4n) is 3.71. The zero-order valence-corrected chi connectivity index (χ0v) is 19.4. The van der Waals surface area contributed by atoms with Crippen LogP contribution in [0.5, 0.6) is 0 Å². The Morgan fingerprint density at radius 2 is 1.91 bits per heavy atom. The van der Waals surface area contributed by atoms with E-state index in [4.69, 9.17) is 4.74 Å². The van der Waals surface area contributed by atoms with Crippen LogP contribution in [0.4, 0.5) is 4.79 Å². The van der Waals surface area contributed by atoms with Gasteiger partial charge in [-0.1, -0.05) is 50.2 Å². The molecule has 0 bridgehead atoms. The highest BCUT2D eigenvalue weighted by Crippen LogP contribution is 2.13. The maximum Gasteiger partial charge on any atom is 0.408 e. The number of benzene rings is 1. The summed E-state index contributed by atoms with van der Waals surface area (Å²) in [6.45, 7) is 3.80. The molecule has 1 aliphatic rings. The van der Waals surface area contributed by atoms with E-state index in [2.05, 4.69) is 20.9 Å². The number of aryl methyl sites for hydroxylation is 1. The molecule has 2 aromatic rings. The van der Waals surface area contributed by atoms with Crippen LogP contribution < -0.4 is 16.0 Å². The quantitative estimate of drug-likeness (QED) is 0.559. The molecule has 34 heavy (non-hydrogen) atoms. The maximum atomic E-state index is 13.0. The second kappa shape index (κ2) is 11.9. The van der Waals surface area contributed by atoms with Crippen LogP contribution in [0.15, 0.2) is 48.7 Å². The topological polar surface area (TPSA) is 126 Å². The Morgan fingerprint density at radius 1 is 1.15 bits per heavy atom. The predicted molar refractivity (Wildman–Crippen MR) is 124 cm³/mol. The Kier molecular flexibility index (Phi) is 8.73. The molecule has 2 atom stereocenters. The summed E-state index contributed by atoms with van der Waals surface area (Å²) in [6, 6.07) is 10.9. The van der Waals surface area contributed by atoms with Crippen molar-refractivity contribution in [2.45, 2.75) is 58.3 Å². The summed E-state index contributed by atoms with van der Waals surface area (Å²) < 4.78 is 5.22. The Balaban J connectivity index is 1.62. The number of nitrogens with one attached hydrogen (secondary N) is 3. The van der Waals surface area contributed by atoms with Crippen LogP contribution in [0.3, 0.4) is 0 Å². The molecule has 3 rings (SSSR count). The minimum atomic E-state index is -0.999. The van der Waals surface area contributed by atoms with Crippen LogP contribution in [0.2, 0.25) is 0 Å². The summed E-state index contributed by atoms with van der Waals surface area (Å²) >= 11 is 0. The molecular formula is C25H30N4O5. The molecule has 3 N–H and O–H groups in total. The molecule has 1 aliphatic heterocycles. The number of pyridine rings is 1. The fraction of sp³-hybridized carbons (Fsp3) is 0.400. The molecule has 2 heterocycles. The number of ether oxygens (including phenoxy) is 1. The smallest absolute Gasteiger partial charge is 0.408 e. The lowest BCUT2D eigenvalue weighted by molar-refractivity contribution is -0.140. The van der Waals surface area contributed by atoms with E-state index in [0.29, 0.717) is 12.8 Å². The minimum absolute atomic E-state index is 0.0654. The van der Waals surface area contributed by atoms with Crippen LogP contribution in [0.1, 0.15) is 43.5 Å². The van der Waals surface area contributed by atoms with E-state index in [9.17, 15) is 19.2 Å². The highest BCUT2D eigenvalue weighted by molar-refractivity contribution is 6.38. The third-order valence-electron chi connectivity index (χ3n) is 5.62. The SMILES string of the molecule is CC(C)C(NC(=O)OCc1ccccc1)C(=O)NC1CCCc2ncccc2CNC(=O)C1=O. The van der Waals surface area contributed by atoms with Gasteiger partial charge in [0.2, 0.25) is 11.7 Å². The van der Waals surface area contributed by atoms with Crippen LogP contribution in [0.25, 0.3) is 0 Å². The molecule has 0 spiro atoms. The summed E-state index contributed by atoms with van der Waals surface area (Å²) in [5, 5.41) is 7.84. The van der Waals surface area contributed by atoms with Gasteiger partial charge in [-0.15, -0.1) is 0 Å². The standard InChI is InChI=1S/C25H30N4O5/c1-16(2)21(29-25(33)34-15-17-8-4-3-5-9-17)23(31)28-20-12-6-11-19-18(10-7-13-26-19)14-27-24(32)22(20)30/h3-5,7-10,13,16,20-21H,6,11-12,14-15H2,1-2H3,(H,27,32)(H,28,31)(H,29,33). The zero-order chi connectivity index (χ0) is 24.5. The van der Waals surface area contributed by atoms with Crippen LogP contribution in [-0.2, 0) is 38.7 Å². The van der Waals surface area contributed by atoms with E-state index in [1.807, 2.05) is 36.4 Å². The van der Waals surface area contributed by atoms with Crippen LogP contribution in [0, 0.1) is 5.92 Å². The first-order chi connectivity index (χ1) is 16.3. The highest BCUT2D eigenvalue weighted by atomic mass is 16.5. The molecular weight excluding hydrogens is 436 g/mol. The number of aromatic nitrogens is 1. The van der Waals surface area contributed by atoms with Crippen molar-refractivity contribution >= 4 is 23.7 Å². The average Bonchev–Trinajstić information content (AvgIpc) is 2.84. The first-order valence-corrected chi connectivity index (χ1v) is 11.4. The molecule has 9 heteroatoms. The third kappa shape index (κ3) is 6.87. The lowest BCUT2D eigenvalue weighted by Gasteiger charge is -2.25. The van der Waals surface area contributed by atoms with Gasteiger partial charge in [0.25, 0.3) is 5.91 Å². The summed E-state index contributed by atoms with van der Waals surface area (Å²) in [4.78, 5) is 54.8. The molecule has 0 aliphatic carbocycles. The van der Waals surface area contributed by atoms with Gasteiger partial charge in [0, 0.05) is 18.4 Å². The monoisotopic (exact) mass is 466 g/mol. The molecule has 0 saturated heterocycles. The molecule has 180 valence electrons. The highest BCUT2D eigenvalue weighted by Gasteiger charge is 2.32. The average molecular weight is 467 g/mol. The predicted octanol–water partition coefficient (Wildman–Crippen LogP) is 2.04. The summed E-state index contributed by atoms with van der Waals surface area (Å²) in [6.07, 6.45) is 2.40. The number of fused-ring (bicyclic) bond motifs is 1. The van der Waals surface area contributed by atoms with Gasteiger partial charge < -0.3 is 20.7 Å². The van der Waals surface area contributed by atoms with Crippen LogP contribution >= 0.6 is 0 Å². The molecule has 0 radical (unpaired) electrons. The van der Waals surface area contributed by atoms with Crippen molar-refractivity contribution in [1.29, 1.82) is 0 Å². The van der Waals surface area contributed by atoms with E-state index in [1.165, 1.54) is 0 Å². The van der Waals surface area contributed by atoms with Crippen molar-refractivity contribution in [3.05, 3.63) is 65.5 Å². The summed E-state index contributed by atoms with van der Waals surface area (Å²) in [5.41, 5.74) is 2.53. The van der Waals surface area contributed by atoms with E-state index >= 15 is 0 Å². The number of carbonyl (C=O) groups is 4. The number of amides is 3. The number of carbonyl (C=O) groups excluding carboxylic acids is 4. The number of rotatable bonds is 6. The van der Waals surface area contributed by atoms with E-state index in [0.717, 1.165) is 16.8 Å². The van der Waals surface area contributed by atoms with Crippen molar-refractivity contribution < 1.29 is 23.9 Å². The number of hydrogen-bond acceptors (Lipinski definition) is 6. The minimum Gasteiger partial charge on any atom is -0.445 e. The lowest BCUT2D eigenvalue weighted by Crippen LogP contribution is -2.55. The Morgan fingerprint density at radius 3 is 2.65 bits per heavy atom. The number of alkyl carbamates (subject to hydrolysis) is 1. The molecule has 1 aromatic carbocycles. The fourth-order valence-corrected chi connectivity index (χ4v) is 3.71. The normalized spacial score (nSPS) is 17.2. The van der Waals surface area contributed by atoms with Crippen molar-refractivity contribution in [2.75, 3.05) is 0 Å². The Labute approximate surface area is 198 Å². The first kappa shape index (κ1) is 24.9. The largest absolute Gasteiger partial charge is 0.445 e. The van der Waals surface area contributed by atoms with E-state index in [1.54, 1.807) is 26.1 Å². The molecule has 0 fully saturated rings. The van der Waals surface area contributed by atoms with Crippen molar-refractivity contribution in [3.63, 3.8) is 0 Å². The third-order valence-corrected chi connectivity index (χ3v) is 5.62. The molecule has 3 amide bonds. The van der Waals surface area contributed by atoms with E-state index in [-0.39, 0.29) is 25.5 Å². The summed E-state index contributed by atoms with van der Waals surface area (Å²) in [5.74, 6) is -2.30. The number of ketones is 1. The summed E-state index contributed by atoms with van der Waals surface area (Å²) in [7, 11) is 0. The van der Waals surface area contributed by atoms with E-state index < -0.39 is 35.8 Å². The van der Waals surface area contributed by atoms with Gasteiger partial charge >= 0.3 is 6.09 Å². The lowest BCUT2D eigenvalue weighted by atomic mass is 9.98.